The number of aromatic nitrogens is 2. The van der Waals surface area contributed by atoms with Crippen molar-refractivity contribution in [2.24, 2.45) is 4.99 Å². The van der Waals surface area contributed by atoms with E-state index in [2.05, 4.69) is 39.2 Å². The molecule has 1 saturated carbocycles. The minimum atomic E-state index is 0.179. The molecule has 0 N–H and O–H groups in total. The van der Waals surface area contributed by atoms with Crippen LogP contribution in [0.4, 0.5) is 5.69 Å². The van der Waals surface area contributed by atoms with Crippen molar-refractivity contribution in [3.63, 3.8) is 0 Å². The second kappa shape index (κ2) is 5.84. The van der Waals surface area contributed by atoms with Gasteiger partial charge in [-0.3, -0.25) is 0 Å². The van der Waals surface area contributed by atoms with Crippen molar-refractivity contribution in [3.8, 4) is 10.9 Å². The van der Waals surface area contributed by atoms with Crippen LogP contribution in [0.15, 0.2) is 17.1 Å². The van der Waals surface area contributed by atoms with Gasteiger partial charge in [0.25, 0.3) is 5.19 Å². The van der Waals surface area contributed by atoms with E-state index < -0.39 is 0 Å². The van der Waals surface area contributed by atoms with Gasteiger partial charge < -0.3 is 9.64 Å². The average Bonchev–Trinajstić information content (AvgIpc) is 3.07. The summed E-state index contributed by atoms with van der Waals surface area (Å²) in [5.74, 6) is 1.76. The SMILES string of the molecule is Cc1cc(Oc2nc(C3(C)CC3)ns2)c(C)cc1N=CN1CCC1. The quantitative estimate of drug-likeness (QED) is 0.598. The summed E-state index contributed by atoms with van der Waals surface area (Å²) in [6.45, 7) is 8.54. The van der Waals surface area contributed by atoms with E-state index in [-0.39, 0.29) is 5.41 Å². The molecule has 5 nitrogen and oxygen atoms in total. The van der Waals surface area contributed by atoms with Crippen molar-refractivity contribution in [3.05, 3.63) is 29.1 Å². The molecule has 1 aromatic heterocycles. The minimum Gasteiger partial charge on any atom is -0.430 e. The van der Waals surface area contributed by atoms with Crippen LogP contribution in [0, 0.1) is 13.8 Å². The van der Waals surface area contributed by atoms with Gasteiger partial charge in [0.1, 0.15) is 5.75 Å². The molecule has 0 atom stereocenters. The fourth-order valence-electron chi connectivity index (χ4n) is 2.62. The molecule has 2 aromatic rings. The third kappa shape index (κ3) is 3.02. The summed E-state index contributed by atoms with van der Waals surface area (Å²) in [7, 11) is 0. The Morgan fingerprint density at radius 1 is 1.25 bits per heavy atom. The highest BCUT2D eigenvalue weighted by Crippen LogP contribution is 2.47. The monoisotopic (exact) mass is 342 g/mol. The molecule has 0 unspecified atom stereocenters. The third-order valence-electron chi connectivity index (χ3n) is 4.89. The van der Waals surface area contributed by atoms with Gasteiger partial charge in [0.05, 0.1) is 12.0 Å². The number of nitrogens with zero attached hydrogens (tertiary/aromatic N) is 4. The first kappa shape index (κ1) is 15.6. The molecule has 1 saturated heterocycles. The van der Waals surface area contributed by atoms with Crippen LogP contribution in [-0.4, -0.2) is 33.7 Å². The molecular formula is C18H22N4OS. The van der Waals surface area contributed by atoms with Gasteiger partial charge in [-0.15, -0.1) is 0 Å². The van der Waals surface area contributed by atoms with Crippen LogP contribution in [0.3, 0.4) is 0 Å². The largest absolute Gasteiger partial charge is 0.430 e. The topological polar surface area (TPSA) is 50.6 Å². The lowest BCUT2D eigenvalue weighted by Gasteiger charge is -2.28. The number of rotatable bonds is 5. The van der Waals surface area contributed by atoms with Crippen molar-refractivity contribution >= 4 is 23.6 Å². The Labute approximate surface area is 146 Å². The highest BCUT2D eigenvalue weighted by atomic mass is 32.1. The zero-order valence-electron chi connectivity index (χ0n) is 14.4. The van der Waals surface area contributed by atoms with E-state index in [4.69, 9.17) is 4.74 Å². The summed E-state index contributed by atoms with van der Waals surface area (Å²) in [6.07, 6.45) is 5.55. The van der Waals surface area contributed by atoms with Gasteiger partial charge in [-0.05, 0) is 56.4 Å². The van der Waals surface area contributed by atoms with Crippen LogP contribution in [0.25, 0.3) is 0 Å². The van der Waals surface area contributed by atoms with Crippen LogP contribution in [-0.2, 0) is 5.41 Å². The van der Waals surface area contributed by atoms with Gasteiger partial charge in [-0.1, -0.05) is 6.92 Å². The highest BCUT2D eigenvalue weighted by molar-refractivity contribution is 7.07. The first-order chi connectivity index (χ1) is 11.5. The highest BCUT2D eigenvalue weighted by Gasteiger charge is 2.43. The molecule has 2 heterocycles. The van der Waals surface area contributed by atoms with Gasteiger partial charge in [-0.25, -0.2) is 4.99 Å². The fourth-order valence-corrected chi connectivity index (χ4v) is 3.30. The summed E-state index contributed by atoms with van der Waals surface area (Å²) < 4.78 is 10.4. The third-order valence-corrected chi connectivity index (χ3v) is 5.48. The van der Waals surface area contributed by atoms with Crippen molar-refractivity contribution < 1.29 is 4.74 Å². The summed E-state index contributed by atoms with van der Waals surface area (Å²) in [6, 6.07) is 4.11. The molecular weight excluding hydrogens is 320 g/mol. The summed E-state index contributed by atoms with van der Waals surface area (Å²) in [5.41, 5.74) is 3.34. The van der Waals surface area contributed by atoms with Gasteiger partial charge in [0.15, 0.2) is 5.82 Å². The molecule has 0 spiro atoms. The van der Waals surface area contributed by atoms with Crippen molar-refractivity contribution in [1.29, 1.82) is 0 Å². The second-order valence-corrected chi connectivity index (χ2v) is 7.80. The number of hydrogen-bond acceptors (Lipinski definition) is 5. The van der Waals surface area contributed by atoms with E-state index in [0.717, 1.165) is 41.5 Å². The molecule has 1 aromatic carbocycles. The molecule has 0 bridgehead atoms. The Morgan fingerprint density at radius 3 is 2.71 bits per heavy atom. The lowest BCUT2D eigenvalue weighted by molar-refractivity contribution is 0.310. The lowest BCUT2D eigenvalue weighted by atomic mass is 10.1. The van der Waals surface area contributed by atoms with Crippen molar-refractivity contribution in [1.82, 2.24) is 14.3 Å². The van der Waals surface area contributed by atoms with E-state index in [1.807, 2.05) is 19.3 Å². The van der Waals surface area contributed by atoms with E-state index >= 15 is 0 Å². The average molecular weight is 342 g/mol. The van der Waals surface area contributed by atoms with Gasteiger partial charge in [0.2, 0.25) is 0 Å². The van der Waals surface area contributed by atoms with Crippen LogP contribution in [0.2, 0.25) is 0 Å². The maximum absolute atomic E-state index is 5.99. The Hall–Kier alpha value is -1.95. The van der Waals surface area contributed by atoms with Crippen LogP contribution >= 0.6 is 11.5 Å². The second-order valence-electron chi connectivity index (χ2n) is 7.08. The predicted octanol–water partition coefficient (Wildman–Crippen LogP) is 4.36. The number of aliphatic imine (C=N–C) groups is 1. The fraction of sp³-hybridized carbons (Fsp3) is 0.500. The Balaban J connectivity index is 1.51. The van der Waals surface area contributed by atoms with E-state index in [1.54, 1.807) is 0 Å². The Morgan fingerprint density at radius 2 is 2.04 bits per heavy atom. The smallest absolute Gasteiger partial charge is 0.298 e. The molecule has 4 rings (SSSR count). The van der Waals surface area contributed by atoms with Crippen molar-refractivity contribution in [2.45, 2.75) is 45.4 Å². The molecule has 0 radical (unpaired) electrons. The predicted molar refractivity (Wildman–Crippen MR) is 96.8 cm³/mol. The van der Waals surface area contributed by atoms with E-state index in [1.165, 1.54) is 30.8 Å². The first-order valence-corrected chi connectivity index (χ1v) is 9.22. The van der Waals surface area contributed by atoms with Gasteiger partial charge in [0, 0.05) is 30.0 Å². The number of benzene rings is 1. The normalized spacial score (nSPS) is 18.7. The molecule has 24 heavy (non-hydrogen) atoms. The molecule has 126 valence electrons. The van der Waals surface area contributed by atoms with Crippen LogP contribution in [0.5, 0.6) is 10.9 Å². The maximum atomic E-state index is 5.99. The van der Waals surface area contributed by atoms with E-state index in [9.17, 15) is 0 Å². The molecule has 2 aliphatic rings. The first-order valence-electron chi connectivity index (χ1n) is 8.45. The summed E-state index contributed by atoms with van der Waals surface area (Å²) >= 11 is 1.34. The lowest BCUT2D eigenvalue weighted by Crippen LogP contribution is -2.35. The zero-order chi connectivity index (χ0) is 16.7. The van der Waals surface area contributed by atoms with Crippen LogP contribution < -0.4 is 4.74 Å². The molecule has 6 heteroatoms. The summed E-state index contributed by atoms with van der Waals surface area (Å²) in [4.78, 5) is 11.4. The number of likely N-dealkylation sites (tertiary alicyclic amines) is 1. The van der Waals surface area contributed by atoms with Gasteiger partial charge >= 0.3 is 0 Å². The summed E-state index contributed by atoms with van der Waals surface area (Å²) in [5, 5.41) is 0.623. The van der Waals surface area contributed by atoms with Crippen molar-refractivity contribution in [2.75, 3.05) is 13.1 Å². The number of hydrogen-bond donors (Lipinski definition) is 0. The zero-order valence-corrected chi connectivity index (χ0v) is 15.2. The Bertz CT molecular complexity index is 790. The molecule has 0 amide bonds. The van der Waals surface area contributed by atoms with Gasteiger partial charge in [-0.2, -0.15) is 9.36 Å². The molecule has 1 aliphatic carbocycles. The molecule has 2 fully saturated rings. The Kier molecular flexibility index (Phi) is 3.79. The molecule has 1 aliphatic heterocycles. The van der Waals surface area contributed by atoms with Crippen LogP contribution in [0.1, 0.15) is 43.1 Å². The van der Waals surface area contributed by atoms with E-state index in [0.29, 0.717) is 5.19 Å². The number of ether oxygens (including phenoxy) is 1. The number of aryl methyl sites for hydroxylation is 2. The maximum Gasteiger partial charge on any atom is 0.298 e. The standard InChI is InChI=1S/C18H22N4OS/c1-12-10-15(13(2)9-14(12)19-11-22-7-4-8-22)23-17-20-16(21-24-17)18(3)5-6-18/h9-11H,4-8H2,1-3H3. The minimum absolute atomic E-state index is 0.179.